The normalized spacial score (nSPS) is 16.2. The van der Waals surface area contributed by atoms with Gasteiger partial charge in [-0.1, -0.05) is 19.8 Å². The molecule has 7 heteroatoms. The summed E-state index contributed by atoms with van der Waals surface area (Å²) < 4.78 is 29.0. The third kappa shape index (κ3) is 6.89. The van der Waals surface area contributed by atoms with Crippen LogP contribution in [0.25, 0.3) is 0 Å². The number of hydrogen-bond acceptors (Lipinski definition) is 4. The quantitative estimate of drug-likeness (QED) is 0.520. The highest BCUT2D eigenvalue weighted by Crippen LogP contribution is 2.46. The number of unbranched alkanes of at least 4 members (excludes halogenated alkanes) is 2. The molecule has 0 heterocycles. The van der Waals surface area contributed by atoms with E-state index in [1.54, 1.807) is 0 Å². The van der Waals surface area contributed by atoms with Gasteiger partial charge >= 0.3 is 16.5 Å². The minimum absolute atomic E-state index is 0.159. The highest BCUT2D eigenvalue weighted by Gasteiger charge is 2.25. The van der Waals surface area contributed by atoms with Gasteiger partial charge in [0.25, 0.3) is 0 Å². The Hall–Kier alpha value is 0.210. The van der Waals surface area contributed by atoms with Crippen molar-refractivity contribution in [3.05, 3.63) is 0 Å². The van der Waals surface area contributed by atoms with E-state index in [1.807, 2.05) is 6.92 Å². The molecular weight excluding hydrogens is 202 g/mol. The highest BCUT2D eigenvalue weighted by molar-refractivity contribution is 7.52. The number of rotatable bonds is 7. The molecule has 1 N–H and O–H groups in total. The zero-order chi connectivity index (χ0) is 9.45. The largest absolute Gasteiger partial charge is 0.515 e. The molecule has 0 aromatic carbocycles. The van der Waals surface area contributed by atoms with Crippen LogP contribution >= 0.6 is 16.5 Å². The Balaban J connectivity index is 3.47. The Labute approximate surface area is 73.0 Å². The van der Waals surface area contributed by atoms with E-state index in [0.29, 0.717) is 6.42 Å². The first-order valence-corrected chi connectivity index (χ1v) is 5.96. The summed E-state index contributed by atoms with van der Waals surface area (Å²) in [7, 11) is -5.30. The SMILES string of the molecule is CCCCCOP(=O)(O)O[PH+]=O. The van der Waals surface area contributed by atoms with E-state index >= 15 is 0 Å². The fraction of sp³-hybridized carbons (Fsp3) is 1.00. The molecule has 0 aromatic rings. The van der Waals surface area contributed by atoms with Gasteiger partial charge in [-0.15, -0.1) is 0 Å². The van der Waals surface area contributed by atoms with E-state index < -0.39 is 16.5 Å². The molecule has 12 heavy (non-hydrogen) atoms. The smallest absolute Gasteiger partial charge is 0.300 e. The molecule has 0 saturated carbocycles. The molecular formula is C5H13O5P2+. The monoisotopic (exact) mass is 215 g/mol. The van der Waals surface area contributed by atoms with Crippen molar-refractivity contribution in [3.63, 3.8) is 0 Å². The molecule has 0 radical (unpaired) electrons. The van der Waals surface area contributed by atoms with Gasteiger partial charge in [-0.25, -0.2) is 4.57 Å². The van der Waals surface area contributed by atoms with Crippen LogP contribution in [0.5, 0.6) is 0 Å². The van der Waals surface area contributed by atoms with E-state index in [4.69, 9.17) is 4.89 Å². The van der Waals surface area contributed by atoms with E-state index in [2.05, 4.69) is 8.83 Å². The van der Waals surface area contributed by atoms with Crippen LogP contribution in [0.15, 0.2) is 0 Å². The van der Waals surface area contributed by atoms with Gasteiger partial charge in [-0.3, -0.25) is 4.52 Å². The lowest BCUT2D eigenvalue weighted by Crippen LogP contribution is -1.92. The van der Waals surface area contributed by atoms with Gasteiger partial charge in [0.15, 0.2) is 0 Å². The second-order valence-electron chi connectivity index (χ2n) is 2.18. The molecule has 0 aromatic heterocycles. The first-order chi connectivity index (χ1) is 5.62. The van der Waals surface area contributed by atoms with Crippen molar-refractivity contribution in [1.29, 1.82) is 0 Å². The molecule has 2 unspecified atom stereocenters. The number of hydrogen-bond donors (Lipinski definition) is 1. The maximum atomic E-state index is 10.7. The van der Waals surface area contributed by atoms with Gasteiger partial charge in [0.05, 0.1) is 6.61 Å². The van der Waals surface area contributed by atoms with Gasteiger partial charge in [-0.2, -0.15) is 0 Å². The average Bonchev–Trinajstić information content (AvgIpc) is 1.98. The predicted octanol–water partition coefficient (Wildman–Crippen LogP) is 2.25. The summed E-state index contributed by atoms with van der Waals surface area (Å²) in [5.74, 6) is 0. The first-order valence-electron chi connectivity index (χ1n) is 3.65. The Morgan fingerprint density at radius 3 is 2.67 bits per heavy atom. The van der Waals surface area contributed by atoms with Crippen molar-refractivity contribution in [2.24, 2.45) is 0 Å². The molecule has 0 bridgehead atoms. The molecule has 2 atom stereocenters. The van der Waals surface area contributed by atoms with Gasteiger partial charge in [-0.05, 0) is 15.3 Å². The topological polar surface area (TPSA) is 72.8 Å². The van der Waals surface area contributed by atoms with E-state index in [-0.39, 0.29) is 6.61 Å². The molecule has 5 nitrogen and oxygen atoms in total. The van der Waals surface area contributed by atoms with E-state index in [1.165, 1.54) is 0 Å². The fourth-order valence-corrected chi connectivity index (χ4v) is 1.55. The summed E-state index contributed by atoms with van der Waals surface area (Å²) in [6.07, 6.45) is 2.63. The van der Waals surface area contributed by atoms with E-state index in [0.717, 1.165) is 12.8 Å². The minimum atomic E-state index is -4.03. The Kier molecular flexibility index (Phi) is 6.81. The van der Waals surface area contributed by atoms with Crippen LogP contribution in [0.2, 0.25) is 0 Å². The van der Waals surface area contributed by atoms with Crippen molar-refractivity contribution in [2.75, 3.05) is 6.61 Å². The molecule has 0 aliphatic carbocycles. The molecule has 0 saturated heterocycles. The lowest BCUT2D eigenvalue weighted by molar-refractivity contribution is 0.205. The second-order valence-corrected chi connectivity index (χ2v) is 4.28. The van der Waals surface area contributed by atoms with Crippen LogP contribution in [0.3, 0.4) is 0 Å². The molecule has 0 amide bonds. The zero-order valence-corrected chi connectivity index (χ0v) is 8.75. The zero-order valence-electron chi connectivity index (χ0n) is 6.86. The van der Waals surface area contributed by atoms with Crippen molar-refractivity contribution in [3.8, 4) is 0 Å². The van der Waals surface area contributed by atoms with Crippen LogP contribution in [0.4, 0.5) is 0 Å². The molecule has 0 aliphatic heterocycles. The van der Waals surface area contributed by atoms with Gasteiger partial charge in [0.1, 0.15) is 0 Å². The Bertz CT molecular complexity index is 171. The van der Waals surface area contributed by atoms with Crippen LogP contribution < -0.4 is 0 Å². The summed E-state index contributed by atoms with van der Waals surface area (Å²) in [6, 6.07) is 0. The summed E-state index contributed by atoms with van der Waals surface area (Å²) in [5.41, 5.74) is 0. The maximum absolute atomic E-state index is 10.7. The number of phosphoric acid groups is 1. The minimum Gasteiger partial charge on any atom is -0.300 e. The highest BCUT2D eigenvalue weighted by atomic mass is 31.2. The third-order valence-electron chi connectivity index (χ3n) is 1.15. The average molecular weight is 215 g/mol. The maximum Gasteiger partial charge on any atom is 0.515 e. The Morgan fingerprint density at radius 2 is 2.17 bits per heavy atom. The lowest BCUT2D eigenvalue weighted by Gasteiger charge is -2.03. The van der Waals surface area contributed by atoms with Crippen LogP contribution in [0, 0.1) is 0 Å². The first kappa shape index (κ1) is 12.2. The van der Waals surface area contributed by atoms with Crippen LogP contribution in [-0.2, 0) is 18.0 Å². The lowest BCUT2D eigenvalue weighted by atomic mass is 10.3. The summed E-state index contributed by atoms with van der Waals surface area (Å²) in [4.78, 5) is 8.73. The van der Waals surface area contributed by atoms with Gasteiger partial charge in [0.2, 0.25) is 0 Å². The fourth-order valence-electron chi connectivity index (χ4n) is 0.605. The van der Waals surface area contributed by atoms with E-state index in [9.17, 15) is 9.13 Å². The van der Waals surface area contributed by atoms with Crippen molar-refractivity contribution >= 4 is 16.5 Å². The molecule has 0 rings (SSSR count). The van der Waals surface area contributed by atoms with Crippen molar-refractivity contribution in [1.82, 2.24) is 0 Å². The molecule has 0 spiro atoms. The predicted molar refractivity (Wildman–Crippen MR) is 45.4 cm³/mol. The molecule has 0 fully saturated rings. The molecule has 72 valence electrons. The van der Waals surface area contributed by atoms with Crippen molar-refractivity contribution < 1.29 is 22.9 Å². The summed E-state index contributed by atoms with van der Waals surface area (Å²) in [5, 5.41) is 0. The standard InChI is InChI=1S/C5H12O5P2/c1-2-3-4-5-9-12(7,8)10-11-6/h11H,2-5H2,1H3/p+1. The summed E-state index contributed by atoms with van der Waals surface area (Å²) in [6.45, 7) is 2.17. The van der Waals surface area contributed by atoms with Gasteiger partial charge in [0, 0.05) is 0 Å². The van der Waals surface area contributed by atoms with Crippen LogP contribution in [-0.4, -0.2) is 11.5 Å². The van der Waals surface area contributed by atoms with Gasteiger partial charge < -0.3 is 4.89 Å². The second kappa shape index (κ2) is 6.70. The molecule has 0 aliphatic rings. The third-order valence-corrected chi connectivity index (χ3v) is 2.88. The van der Waals surface area contributed by atoms with Crippen molar-refractivity contribution in [2.45, 2.75) is 26.2 Å². The van der Waals surface area contributed by atoms with Crippen LogP contribution in [0.1, 0.15) is 26.2 Å². The number of phosphoric ester groups is 1. The summed E-state index contributed by atoms with van der Waals surface area (Å²) >= 11 is 0. The Morgan fingerprint density at radius 1 is 1.50 bits per heavy atom.